The Morgan fingerprint density at radius 2 is 2.29 bits per heavy atom. The highest BCUT2D eigenvalue weighted by atomic mass is 16.2. The second kappa shape index (κ2) is 4.41. The number of primary amides is 1. The van der Waals surface area contributed by atoms with Crippen LogP contribution in [-0.2, 0) is 9.59 Å². The van der Waals surface area contributed by atoms with Gasteiger partial charge in [-0.3, -0.25) is 9.59 Å². The third-order valence-corrected chi connectivity index (χ3v) is 2.43. The molecule has 1 fully saturated rings. The zero-order valence-corrected chi connectivity index (χ0v) is 8.69. The Hall–Kier alpha value is -1.10. The predicted octanol–water partition coefficient (Wildman–Crippen LogP) is -1.12. The number of hydrogen-bond acceptors (Lipinski definition) is 3. The molecule has 2 N–H and O–H groups in total. The van der Waals surface area contributed by atoms with E-state index in [4.69, 9.17) is 5.73 Å². The number of likely N-dealkylation sites (N-methyl/N-ethyl adjacent to an activating group) is 1. The maximum absolute atomic E-state index is 11.4. The molecule has 1 aliphatic heterocycles. The molecule has 1 saturated heterocycles. The molecule has 0 radical (unpaired) electrons. The molecule has 0 bridgehead atoms. The van der Waals surface area contributed by atoms with Crippen LogP contribution in [0.4, 0.5) is 0 Å². The van der Waals surface area contributed by atoms with Crippen LogP contribution in [0.2, 0.25) is 0 Å². The van der Waals surface area contributed by atoms with Gasteiger partial charge in [0.2, 0.25) is 11.8 Å². The number of hydrogen-bond donors (Lipinski definition) is 1. The lowest BCUT2D eigenvalue weighted by atomic mass is 10.1. The van der Waals surface area contributed by atoms with Crippen molar-refractivity contribution in [2.75, 3.05) is 33.7 Å². The van der Waals surface area contributed by atoms with E-state index in [-0.39, 0.29) is 24.2 Å². The Kier molecular flexibility index (Phi) is 3.46. The van der Waals surface area contributed by atoms with E-state index in [1.807, 2.05) is 19.0 Å². The predicted molar refractivity (Wildman–Crippen MR) is 52.4 cm³/mol. The van der Waals surface area contributed by atoms with Crippen LogP contribution in [0.25, 0.3) is 0 Å². The fourth-order valence-corrected chi connectivity index (χ4v) is 1.50. The average molecular weight is 199 g/mol. The number of amides is 2. The van der Waals surface area contributed by atoms with Gasteiger partial charge in [0.25, 0.3) is 0 Å². The van der Waals surface area contributed by atoms with Gasteiger partial charge in [0.05, 0.1) is 5.92 Å². The summed E-state index contributed by atoms with van der Waals surface area (Å²) in [5.41, 5.74) is 5.15. The first-order chi connectivity index (χ1) is 6.50. The Labute approximate surface area is 83.8 Å². The van der Waals surface area contributed by atoms with Crippen molar-refractivity contribution in [2.45, 2.75) is 6.42 Å². The van der Waals surface area contributed by atoms with Gasteiger partial charge in [0.1, 0.15) is 0 Å². The van der Waals surface area contributed by atoms with Crippen LogP contribution in [0, 0.1) is 5.92 Å². The van der Waals surface area contributed by atoms with Crippen molar-refractivity contribution >= 4 is 11.8 Å². The van der Waals surface area contributed by atoms with Gasteiger partial charge >= 0.3 is 0 Å². The summed E-state index contributed by atoms with van der Waals surface area (Å²) >= 11 is 0. The number of carbonyl (C=O) groups excluding carboxylic acids is 2. The summed E-state index contributed by atoms with van der Waals surface area (Å²) in [5.74, 6) is -0.619. The van der Waals surface area contributed by atoms with E-state index in [1.165, 1.54) is 0 Å². The molecule has 0 aromatic heterocycles. The van der Waals surface area contributed by atoms with Crippen LogP contribution < -0.4 is 5.73 Å². The summed E-state index contributed by atoms with van der Waals surface area (Å²) in [6, 6.07) is 0. The Balaban J connectivity index is 2.41. The molecule has 1 heterocycles. The molecular formula is C9H17N3O2. The molecule has 1 rings (SSSR count). The normalized spacial score (nSPS) is 22.1. The van der Waals surface area contributed by atoms with E-state index in [1.54, 1.807) is 4.90 Å². The van der Waals surface area contributed by atoms with Gasteiger partial charge in [-0.15, -0.1) is 0 Å². The number of nitrogens with two attached hydrogens (primary N) is 1. The fraction of sp³-hybridized carbons (Fsp3) is 0.778. The first-order valence-corrected chi connectivity index (χ1v) is 4.72. The summed E-state index contributed by atoms with van der Waals surface area (Å²) in [4.78, 5) is 26.0. The molecule has 0 spiro atoms. The van der Waals surface area contributed by atoms with Crippen LogP contribution in [0.1, 0.15) is 6.42 Å². The van der Waals surface area contributed by atoms with Gasteiger partial charge in [-0.2, -0.15) is 0 Å². The minimum absolute atomic E-state index is 0.0376. The van der Waals surface area contributed by atoms with Crippen LogP contribution in [0.15, 0.2) is 0 Å². The third-order valence-electron chi connectivity index (χ3n) is 2.43. The van der Waals surface area contributed by atoms with Crippen LogP contribution in [0.5, 0.6) is 0 Å². The maximum Gasteiger partial charge on any atom is 0.223 e. The molecule has 1 unspecified atom stereocenters. The number of likely N-dealkylation sites (tertiary alicyclic amines) is 1. The lowest BCUT2D eigenvalue weighted by Gasteiger charge is -2.18. The zero-order chi connectivity index (χ0) is 10.7. The van der Waals surface area contributed by atoms with Crippen LogP contribution in [-0.4, -0.2) is 55.3 Å². The van der Waals surface area contributed by atoms with Crippen LogP contribution in [0.3, 0.4) is 0 Å². The topological polar surface area (TPSA) is 66.6 Å². The van der Waals surface area contributed by atoms with E-state index >= 15 is 0 Å². The lowest BCUT2D eigenvalue weighted by molar-refractivity contribution is -0.128. The molecule has 5 heteroatoms. The second-order valence-electron chi connectivity index (χ2n) is 3.95. The summed E-state index contributed by atoms with van der Waals surface area (Å²) in [7, 11) is 3.90. The smallest absolute Gasteiger partial charge is 0.223 e. The zero-order valence-electron chi connectivity index (χ0n) is 8.69. The first-order valence-electron chi connectivity index (χ1n) is 4.72. The summed E-state index contributed by atoms with van der Waals surface area (Å²) < 4.78 is 0. The quantitative estimate of drug-likeness (QED) is 0.624. The number of nitrogens with zero attached hydrogens (tertiary/aromatic N) is 2. The molecule has 1 aliphatic rings. The highest BCUT2D eigenvalue weighted by Crippen LogP contribution is 2.16. The van der Waals surface area contributed by atoms with Gasteiger partial charge in [0, 0.05) is 26.1 Å². The molecule has 1 atom stereocenters. The second-order valence-corrected chi connectivity index (χ2v) is 3.95. The van der Waals surface area contributed by atoms with Crippen LogP contribution >= 0.6 is 0 Å². The molecule has 14 heavy (non-hydrogen) atoms. The largest absolute Gasteiger partial charge is 0.369 e. The molecule has 0 aliphatic carbocycles. The standard InChI is InChI=1S/C9H17N3O2/c1-11(2)3-4-12-6-7(9(10)14)5-8(12)13/h7H,3-6H2,1-2H3,(H2,10,14). The van der Waals surface area contributed by atoms with Gasteiger partial charge in [0.15, 0.2) is 0 Å². The van der Waals surface area contributed by atoms with E-state index < -0.39 is 0 Å². The third kappa shape index (κ3) is 2.70. The van der Waals surface area contributed by atoms with Crippen molar-refractivity contribution < 1.29 is 9.59 Å². The SMILES string of the molecule is CN(C)CCN1CC(C(N)=O)CC1=O. The van der Waals surface area contributed by atoms with E-state index in [0.29, 0.717) is 13.1 Å². The van der Waals surface area contributed by atoms with Gasteiger partial charge in [-0.05, 0) is 14.1 Å². The average Bonchev–Trinajstić information content (AvgIpc) is 2.43. The molecule has 2 amide bonds. The molecular weight excluding hydrogens is 182 g/mol. The summed E-state index contributed by atoms with van der Waals surface area (Å²) in [6.07, 6.45) is 0.281. The molecule has 0 aromatic carbocycles. The lowest BCUT2D eigenvalue weighted by Crippen LogP contribution is -2.34. The minimum Gasteiger partial charge on any atom is -0.369 e. The molecule has 5 nitrogen and oxygen atoms in total. The summed E-state index contributed by atoms with van der Waals surface area (Å²) in [6.45, 7) is 1.98. The van der Waals surface area contributed by atoms with Gasteiger partial charge < -0.3 is 15.5 Å². The minimum atomic E-state index is -0.370. The van der Waals surface area contributed by atoms with Crippen molar-refractivity contribution in [3.8, 4) is 0 Å². The van der Waals surface area contributed by atoms with E-state index in [9.17, 15) is 9.59 Å². The number of rotatable bonds is 4. The number of carbonyl (C=O) groups is 2. The molecule has 80 valence electrons. The molecule has 0 saturated carbocycles. The van der Waals surface area contributed by atoms with Gasteiger partial charge in [-0.25, -0.2) is 0 Å². The summed E-state index contributed by atoms with van der Waals surface area (Å²) in [5, 5.41) is 0. The van der Waals surface area contributed by atoms with Crippen molar-refractivity contribution in [3.63, 3.8) is 0 Å². The van der Waals surface area contributed by atoms with E-state index in [0.717, 1.165) is 6.54 Å². The Morgan fingerprint density at radius 3 is 2.71 bits per heavy atom. The monoisotopic (exact) mass is 199 g/mol. The first kappa shape index (κ1) is 11.0. The fourth-order valence-electron chi connectivity index (χ4n) is 1.50. The van der Waals surface area contributed by atoms with Crippen molar-refractivity contribution in [1.82, 2.24) is 9.80 Å². The van der Waals surface area contributed by atoms with Crippen molar-refractivity contribution in [3.05, 3.63) is 0 Å². The van der Waals surface area contributed by atoms with Crippen molar-refractivity contribution in [1.29, 1.82) is 0 Å². The highest BCUT2D eigenvalue weighted by Gasteiger charge is 2.32. The van der Waals surface area contributed by atoms with Gasteiger partial charge in [-0.1, -0.05) is 0 Å². The molecule has 0 aromatic rings. The highest BCUT2D eigenvalue weighted by molar-refractivity contribution is 5.88. The van der Waals surface area contributed by atoms with Crippen molar-refractivity contribution in [2.24, 2.45) is 11.7 Å². The van der Waals surface area contributed by atoms with E-state index in [2.05, 4.69) is 0 Å². The Morgan fingerprint density at radius 1 is 1.64 bits per heavy atom. The maximum atomic E-state index is 11.4. The Bertz CT molecular complexity index is 240.